The first-order valence-corrected chi connectivity index (χ1v) is 4.48. The van der Waals surface area contributed by atoms with E-state index in [-0.39, 0.29) is 0 Å². The van der Waals surface area contributed by atoms with Gasteiger partial charge in [0.15, 0.2) is 0 Å². The predicted octanol–water partition coefficient (Wildman–Crippen LogP) is 3.82. The van der Waals surface area contributed by atoms with Gasteiger partial charge in [0.05, 0.1) is 0 Å². The Kier molecular flexibility index (Phi) is 5.28. The molecule has 0 bridgehead atoms. The zero-order valence-electron chi connectivity index (χ0n) is 9.15. The monoisotopic (exact) mass is 187 g/mol. The zero-order valence-corrected chi connectivity index (χ0v) is 9.15. The summed E-state index contributed by atoms with van der Waals surface area (Å²) in [4.78, 5) is 0. The highest BCUT2D eigenvalue weighted by Crippen LogP contribution is 2.07. The first kappa shape index (κ1) is 12.4. The molecule has 0 atom stereocenters. The lowest BCUT2D eigenvalue weighted by Gasteiger charge is -1.95. The molecule has 0 aliphatic rings. The fourth-order valence-corrected chi connectivity index (χ4v) is 0.793. The second-order valence-electron chi connectivity index (χ2n) is 3.13. The van der Waals surface area contributed by atoms with Gasteiger partial charge in [0, 0.05) is 5.71 Å². The Balaban J connectivity index is 4.67. The summed E-state index contributed by atoms with van der Waals surface area (Å²) in [5.41, 5.74) is 6.18. The van der Waals surface area contributed by atoms with Gasteiger partial charge < -0.3 is 5.41 Å². The molecule has 0 aromatic carbocycles. The third kappa shape index (κ3) is 4.44. The van der Waals surface area contributed by atoms with Crippen LogP contribution in [-0.2, 0) is 0 Å². The smallest absolute Gasteiger partial charge is 0.0355 e. The maximum absolute atomic E-state index is 7.30. The van der Waals surface area contributed by atoms with Crippen LogP contribution in [0.15, 0.2) is 53.8 Å². The molecular formula is C13H17N. The minimum atomic E-state index is 0.461. The molecule has 0 fully saturated rings. The van der Waals surface area contributed by atoms with Crippen molar-refractivity contribution in [3.05, 3.63) is 53.8 Å². The molecule has 14 heavy (non-hydrogen) atoms. The maximum atomic E-state index is 7.30. The Morgan fingerprint density at radius 2 is 1.79 bits per heavy atom. The van der Waals surface area contributed by atoms with Crippen molar-refractivity contribution in [3.8, 4) is 0 Å². The Bertz CT molecular complexity index is 347. The molecule has 0 aromatic heterocycles. The summed E-state index contributed by atoms with van der Waals surface area (Å²) >= 11 is 0. The van der Waals surface area contributed by atoms with Crippen LogP contribution in [-0.4, -0.2) is 5.71 Å². The molecule has 1 N–H and O–H groups in total. The molecule has 0 radical (unpaired) electrons. The highest BCUT2D eigenvalue weighted by molar-refractivity contribution is 5.97. The number of nitrogens with one attached hydrogen (secondary N) is 1. The predicted molar refractivity (Wildman–Crippen MR) is 63.8 cm³/mol. The second-order valence-corrected chi connectivity index (χ2v) is 3.13. The van der Waals surface area contributed by atoms with Crippen molar-refractivity contribution >= 4 is 5.71 Å². The zero-order chi connectivity index (χ0) is 11.1. The first-order chi connectivity index (χ1) is 6.49. The van der Waals surface area contributed by atoms with Crippen molar-refractivity contribution in [3.63, 3.8) is 0 Å². The molecular weight excluding hydrogens is 170 g/mol. The summed E-state index contributed by atoms with van der Waals surface area (Å²) in [7, 11) is 0. The van der Waals surface area contributed by atoms with Gasteiger partial charge in [-0.15, -0.1) is 5.73 Å². The van der Waals surface area contributed by atoms with Crippen molar-refractivity contribution in [2.75, 3.05) is 0 Å². The van der Waals surface area contributed by atoms with Crippen LogP contribution < -0.4 is 0 Å². The molecule has 1 heteroatoms. The summed E-state index contributed by atoms with van der Waals surface area (Å²) in [5, 5.41) is 7.30. The summed E-state index contributed by atoms with van der Waals surface area (Å²) in [5.74, 6) is 0. The van der Waals surface area contributed by atoms with Crippen LogP contribution in [0.5, 0.6) is 0 Å². The van der Waals surface area contributed by atoms with Crippen molar-refractivity contribution in [1.29, 1.82) is 5.41 Å². The normalized spacial score (nSPS) is 10.1. The molecule has 0 heterocycles. The Morgan fingerprint density at radius 1 is 1.21 bits per heavy atom. The average Bonchev–Trinajstić information content (AvgIpc) is 2.11. The molecule has 0 spiro atoms. The lowest BCUT2D eigenvalue weighted by Crippen LogP contribution is -1.87. The third-order valence-electron chi connectivity index (χ3n) is 1.78. The van der Waals surface area contributed by atoms with E-state index in [1.54, 1.807) is 13.0 Å². The van der Waals surface area contributed by atoms with Crippen LogP contribution in [0.4, 0.5) is 0 Å². The van der Waals surface area contributed by atoms with Gasteiger partial charge in [-0.25, -0.2) is 0 Å². The number of hydrogen-bond donors (Lipinski definition) is 1. The summed E-state index contributed by atoms with van der Waals surface area (Å²) in [6.45, 7) is 13.2. The molecule has 1 nitrogen and oxygen atoms in total. The number of allylic oxidation sites excluding steroid dienone is 5. The lowest BCUT2D eigenvalue weighted by atomic mass is 10.1. The van der Waals surface area contributed by atoms with Crippen molar-refractivity contribution in [2.45, 2.75) is 20.8 Å². The Morgan fingerprint density at radius 3 is 2.14 bits per heavy atom. The van der Waals surface area contributed by atoms with Gasteiger partial charge in [0.2, 0.25) is 0 Å². The highest BCUT2D eigenvalue weighted by atomic mass is 14.4. The minimum Gasteiger partial charge on any atom is -0.305 e. The van der Waals surface area contributed by atoms with Gasteiger partial charge in [0.25, 0.3) is 0 Å². The van der Waals surface area contributed by atoms with E-state index in [1.807, 2.05) is 26.0 Å². The standard InChI is InChI=1S/C13H17N/c1-6-13(10(2)3)9-7-8-11(4)12(5)14/h6,8-9,14H,2,4H2,1,3,5H3. The quantitative estimate of drug-likeness (QED) is 0.393. The molecule has 0 aliphatic heterocycles. The Hall–Kier alpha value is -1.59. The SMILES string of the molecule is C=C(C)C(C=C=CC(=C)C(C)=N)=CC. The van der Waals surface area contributed by atoms with E-state index in [9.17, 15) is 0 Å². The number of hydrogen-bond acceptors (Lipinski definition) is 1. The molecule has 74 valence electrons. The van der Waals surface area contributed by atoms with E-state index in [2.05, 4.69) is 18.9 Å². The van der Waals surface area contributed by atoms with Crippen molar-refractivity contribution in [1.82, 2.24) is 0 Å². The van der Waals surface area contributed by atoms with Gasteiger partial charge in [-0.1, -0.05) is 24.8 Å². The van der Waals surface area contributed by atoms with Crippen LogP contribution in [0.2, 0.25) is 0 Å². The minimum absolute atomic E-state index is 0.461. The van der Waals surface area contributed by atoms with Gasteiger partial charge in [0.1, 0.15) is 0 Å². The average molecular weight is 187 g/mol. The van der Waals surface area contributed by atoms with Gasteiger partial charge in [-0.3, -0.25) is 0 Å². The van der Waals surface area contributed by atoms with Crippen molar-refractivity contribution in [2.24, 2.45) is 0 Å². The van der Waals surface area contributed by atoms with E-state index >= 15 is 0 Å². The largest absolute Gasteiger partial charge is 0.305 e. The molecule has 0 unspecified atom stereocenters. The third-order valence-corrected chi connectivity index (χ3v) is 1.78. The first-order valence-electron chi connectivity index (χ1n) is 4.48. The maximum Gasteiger partial charge on any atom is 0.0355 e. The Labute approximate surface area is 86.4 Å². The molecule has 0 amide bonds. The molecule has 0 saturated heterocycles. The van der Waals surface area contributed by atoms with E-state index in [4.69, 9.17) is 5.41 Å². The molecule has 0 aromatic rings. The van der Waals surface area contributed by atoms with Crippen LogP contribution in [0, 0.1) is 5.41 Å². The highest BCUT2D eigenvalue weighted by Gasteiger charge is 1.89. The topological polar surface area (TPSA) is 23.9 Å². The number of rotatable bonds is 4. The van der Waals surface area contributed by atoms with E-state index in [0.717, 1.165) is 11.1 Å². The summed E-state index contributed by atoms with van der Waals surface area (Å²) in [6.07, 6.45) is 5.52. The lowest BCUT2D eigenvalue weighted by molar-refractivity contribution is 1.43. The van der Waals surface area contributed by atoms with Crippen LogP contribution in [0.25, 0.3) is 0 Å². The van der Waals surface area contributed by atoms with Crippen LogP contribution >= 0.6 is 0 Å². The van der Waals surface area contributed by atoms with E-state index < -0.39 is 0 Å². The van der Waals surface area contributed by atoms with Gasteiger partial charge in [-0.2, -0.15) is 0 Å². The fourth-order valence-electron chi connectivity index (χ4n) is 0.793. The van der Waals surface area contributed by atoms with E-state index in [1.165, 1.54) is 0 Å². The molecule has 0 rings (SSSR count). The fraction of sp³-hybridized carbons (Fsp3) is 0.231. The van der Waals surface area contributed by atoms with Gasteiger partial charge >= 0.3 is 0 Å². The summed E-state index contributed by atoms with van der Waals surface area (Å²) < 4.78 is 0. The van der Waals surface area contributed by atoms with Crippen LogP contribution in [0.1, 0.15) is 20.8 Å². The van der Waals surface area contributed by atoms with E-state index in [0.29, 0.717) is 11.3 Å². The van der Waals surface area contributed by atoms with Crippen LogP contribution in [0.3, 0.4) is 0 Å². The van der Waals surface area contributed by atoms with Gasteiger partial charge in [-0.05, 0) is 44.1 Å². The molecule has 0 saturated carbocycles. The molecule has 0 aliphatic carbocycles. The van der Waals surface area contributed by atoms with Crippen molar-refractivity contribution < 1.29 is 0 Å². The second kappa shape index (κ2) is 5.95. The summed E-state index contributed by atoms with van der Waals surface area (Å²) in [6, 6.07) is 0.